The average molecular weight is 169 g/mol. The van der Waals surface area contributed by atoms with E-state index in [1.807, 2.05) is 0 Å². The number of ether oxygens (including phenoxy) is 1. The quantitative estimate of drug-likeness (QED) is 0.632. The van der Waals surface area contributed by atoms with E-state index in [1.54, 1.807) is 0 Å². The lowest BCUT2D eigenvalue weighted by Crippen LogP contribution is -2.54. The summed E-state index contributed by atoms with van der Waals surface area (Å²) in [5.41, 5.74) is 0. The lowest BCUT2D eigenvalue weighted by molar-refractivity contribution is -0.0702. The minimum atomic E-state index is 0.833. The molecule has 0 N–H and O–H groups in total. The zero-order valence-corrected chi connectivity index (χ0v) is 8.12. The third-order valence-corrected chi connectivity index (χ3v) is 3.15. The van der Waals surface area contributed by atoms with E-state index in [0.29, 0.717) is 0 Å². The lowest BCUT2D eigenvalue weighted by atomic mass is 9.90. The molecule has 1 atom stereocenters. The van der Waals surface area contributed by atoms with E-state index in [0.717, 1.165) is 31.1 Å². The molecule has 2 rings (SSSR count). The van der Waals surface area contributed by atoms with E-state index in [2.05, 4.69) is 18.7 Å². The molecule has 2 aliphatic heterocycles. The second-order valence-corrected chi connectivity index (χ2v) is 4.50. The Labute approximate surface area is 74.9 Å². The Morgan fingerprint density at radius 3 is 2.50 bits per heavy atom. The molecule has 12 heavy (non-hydrogen) atoms. The fourth-order valence-corrected chi connectivity index (χ4v) is 2.16. The minimum absolute atomic E-state index is 0.833. The van der Waals surface area contributed by atoms with Crippen LogP contribution in [0.2, 0.25) is 0 Å². The zero-order chi connectivity index (χ0) is 8.55. The third kappa shape index (κ3) is 1.50. The van der Waals surface area contributed by atoms with Gasteiger partial charge in [0.15, 0.2) is 0 Å². The molecule has 0 aromatic heterocycles. The molecular weight excluding hydrogens is 150 g/mol. The summed E-state index contributed by atoms with van der Waals surface area (Å²) in [4.78, 5) is 2.62. The molecule has 0 aliphatic carbocycles. The van der Waals surface area contributed by atoms with Gasteiger partial charge >= 0.3 is 0 Å². The van der Waals surface area contributed by atoms with Crippen LogP contribution in [-0.2, 0) is 4.74 Å². The van der Waals surface area contributed by atoms with Crippen LogP contribution in [0.4, 0.5) is 0 Å². The van der Waals surface area contributed by atoms with Gasteiger partial charge in [-0.15, -0.1) is 0 Å². The number of hydrogen-bond donors (Lipinski definition) is 0. The van der Waals surface area contributed by atoms with Crippen molar-refractivity contribution in [1.29, 1.82) is 0 Å². The molecule has 0 aromatic rings. The van der Waals surface area contributed by atoms with Crippen LogP contribution in [0.15, 0.2) is 0 Å². The van der Waals surface area contributed by atoms with Gasteiger partial charge in [0.25, 0.3) is 0 Å². The van der Waals surface area contributed by atoms with E-state index in [4.69, 9.17) is 4.74 Å². The van der Waals surface area contributed by atoms with Crippen LogP contribution >= 0.6 is 0 Å². The number of likely N-dealkylation sites (tertiary alicyclic amines) is 1. The Balaban J connectivity index is 1.73. The van der Waals surface area contributed by atoms with Gasteiger partial charge in [-0.3, -0.25) is 4.90 Å². The molecule has 2 heterocycles. The zero-order valence-electron chi connectivity index (χ0n) is 8.12. The Morgan fingerprint density at radius 2 is 2.17 bits per heavy atom. The van der Waals surface area contributed by atoms with Crippen molar-refractivity contribution in [3.63, 3.8) is 0 Å². The number of nitrogens with zero attached hydrogens (tertiary/aromatic N) is 1. The van der Waals surface area contributed by atoms with Gasteiger partial charge < -0.3 is 4.74 Å². The highest BCUT2D eigenvalue weighted by molar-refractivity contribution is 4.87. The van der Waals surface area contributed by atoms with Crippen molar-refractivity contribution in [2.45, 2.75) is 26.3 Å². The molecule has 2 nitrogen and oxygen atoms in total. The van der Waals surface area contributed by atoms with Crippen molar-refractivity contribution in [1.82, 2.24) is 4.90 Å². The van der Waals surface area contributed by atoms with E-state index in [-0.39, 0.29) is 0 Å². The van der Waals surface area contributed by atoms with Gasteiger partial charge in [-0.25, -0.2) is 0 Å². The second-order valence-electron chi connectivity index (χ2n) is 4.50. The maximum absolute atomic E-state index is 5.17. The van der Waals surface area contributed by atoms with Crippen molar-refractivity contribution in [2.75, 3.05) is 26.3 Å². The summed E-state index contributed by atoms with van der Waals surface area (Å²) < 4.78 is 5.17. The third-order valence-electron chi connectivity index (χ3n) is 3.15. The first kappa shape index (κ1) is 8.52. The largest absolute Gasteiger partial charge is 0.381 e. The van der Waals surface area contributed by atoms with Crippen LogP contribution in [0.1, 0.15) is 20.3 Å². The van der Waals surface area contributed by atoms with E-state index >= 15 is 0 Å². The Morgan fingerprint density at radius 1 is 1.42 bits per heavy atom. The molecule has 2 saturated heterocycles. The highest BCUT2D eigenvalue weighted by atomic mass is 16.5. The maximum Gasteiger partial charge on any atom is 0.0528 e. The fourth-order valence-electron chi connectivity index (χ4n) is 2.16. The van der Waals surface area contributed by atoms with Crippen LogP contribution in [-0.4, -0.2) is 37.2 Å². The first-order chi connectivity index (χ1) is 5.77. The van der Waals surface area contributed by atoms with Crippen LogP contribution < -0.4 is 0 Å². The minimum Gasteiger partial charge on any atom is -0.381 e. The monoisotopic (exact) mass is 169 g/mol. The molecular formula is C10H19NO. The van der Waals surface area contributed by atoms with Gasteiger partial charge in [0.05, 0.1) is 13.2 Å². The standard InChI is InChI=1S/C10H19NO/c1-8(2)10-3-4-11(10)5-9-6-12-7-9/h8-10H,3-7H2,1-2H3/t10-/m0/s1. The predicted molar refractivity (Wildman–Crippen MR) is 49.1 cm³/mol. The summed E-state index contributed by atoms with van der Waals surface area (Å²) in [6, 6.07) is 0.866. The highest BCUT2D eigenvalue weighted by Crippen LogP contribution is 2.26. The van der Waals surface area contributed by atoms with Crippen LogP contribution in [0.5, 0.6) is 0 Å². The van der Waals surface area contributed by atoms with Crippen molar-refractivity contribution >= 4 is 0 Å². The molecule has 2 aliphatic rings. The average Bonchev–Trinajstić information content (AvgIpc) is 1.79. The number of hydrogen-bond acceptors (Lipinski definition) is 2. The first-order valence-electron chi connectivity index (χ1n) is 5.09. The highest BCUT2D eigenvalue weighted by Gasteiger charge is 2.33. The lowest BCUT2D eigenvalue weighted by Gasteiger charge is -2.46. The Bertz CT molecular complexity index is 154. The van der Waals surface area contributed by atoms with E-state index < -0.39 is 0 Å². The molecule has 2 fully saturated rings. The molecule has 0 spiro atoms. The molecule has 2 heteroatoms. The molecule has 0 unspecified atom stereocenters. The van der Waals surface area contributed by atoms with Crippen LogP contribution in [0.25, 0.3) is 0 Å². The normalized spacial score (nSPS) is 31.8. The van der Waals surface area contributed by atoms with Crippen LogP contribution in [0, 0.1) is 11.8 Å². The molecule has 0 bridgehead atoms. The maximum atomic E-state index is 5.17. The van der Waals surface area contributed by atoms with Gasteiger partial charge in [0, 0.05) is 18.5 Å². The second kappa shape index (κ2) is 3.35. The molecule has 0 saturated carbocycles. The van der Waals surface area contributed by atoms with Crippen molar-refractivity contribution in [3.8, 4) is 0 Å². The topological polar surface area (TPSA) is 12.5 Å². The summed E-state index contributed by atoms with van der Waals surface area (Å²) in [5, 5.41) is 0. The molecule has 70 valence electrons. The summed E-state index contributed by atoms with van der Waals surface area (Å²) in [6.45, 7) is 9.26. The molecule has 0 aromatic carbocycles. The van der Waals surface area contributed by atoms with Gasteiger partial charge in [-0.2, -0.15) is 0 Å². The predicted octanol–water partition coefficient (Wildman–Crippen LogP) is 1.36. The smallest absolute Gasteiger partial charge is 0.0528 e. The van der Waals surface area contributed by atoms with E-state index in [9.17, 15) is 0 Å². The summed E-state index contributed by atoms with van der Waals surface area (Å²) >= 11 is 0. The van der Waals surface area contributed by atoms with Crippen LogP contribution in [0.3, 0.4) is 0 Å². The van der Waals surface area contributed by atoms with E-state index in [1.165, 1.54) is 19.5 Å². The first-order valence-corrected chi connectivity index (χ1v) is 5.09. The van der Waals surface area contributed by atoms with Gasteiger partial charge in [-0.05, 0) is 18.9 Å². The number of rotatable bonds is 3. The van der Waals surface area contributed by atoms with Gasteiger partial charge in [0.2, 0.25) is 0 Å². The van der Waals surface area contributed by atoms with Crippen molar-refractivity contribution in [2.24, 2.45) is 11.8 Å². The van der Waals surface area contributed by atoms with Gasteiger partial charge in [0.1, 0.15) is 0 Å². The fraction of sp³-hybridized carbons (Fsp3) is 1.00. The molecule has 0 radical (unpaired) electrons. The summed E-state index contributed by atoms with van der Waals surface area (Å²) in [7, 11) is 0. The van der Waals surface area contributed by atoms with Crippen molar-refractivity contribution < 1.29 is 4.74 Å². The summed E-state index contributed by atoms with van der Waals surface area (Å²) in [6.07, 6.45) is 1.41. The Hall–Kier alpha value is -0.0800. The summed E-state index contributed by atoms with van der Waals surface area (Å²) in [5.74, 6) is 1.67. The van der Waals surface area contributed by atoms with Crippen molar-refractivity contribution in [3.05, 3.63) is 0 Å². The molecule has 0 amide bonds. The Kier molecular flexibility index (Phi) is 2.37. The van der Waals surface area contributed by atoms with Gasteiger partial charge in [-0.1, -0.05) is 13.8 Å². The SMILES string of the molecule is CC(C)[C@@H]1CCN1CC1COC1.